The molecule has 142 valence electrons. The highest BCUT2D eigenvalue weighted by molar-refractivity contribution is 9.11. The van der Waals surface area contributed by atoms with E-state index in [9.17, 15) is 14.9 Å². The van der Waals surface area contributed by atoms with E-state index in [1.807, 2.05) is 24.3 Å². The molecule has 6 rings (SSSR count). The molecule has 0 spiro atoms. The number of hydrogen-bond donors (Lipinski definition) is 0. The highest BCUT2D eigenvalue weighted by atomic mass is 79.9. The second-order valence-corrected chi connectivity index (χ2v) is 9.02. The van der Waals surface area contributed by atoms with Crippen molar-refractivity contribution in [1.29, 1.82) is 5.26 Å². The maximum atomic E-state index is 13.7. The van der Waals surface area contributed by atoms with E-state index in [2.05, 4.69) is 37.9 Å². The molecule has 4 nitrogen and oxygen atoms in total. The molecule has 0 amide bonds. The van der Waals surface area contributed by atoms with Gasteiger partial charge in [-0.15, -0.1) is 0 Å². The Morgan fingerprint density at radius 1 is 0.800 bits per heavy atom. The van der Waals surface area contributed by atoms with Crippen LogP contribution in [0.2, 0.25) is 0 Å². The Balaban J connectivity index is 2.16. The third-order valence-corrected chi connectivity index (χ3v) is 7.24. The van der Waals surface area contributed by atoms with Gasteiger partial charge in [-0.05, 0) is 45.6 Å². The van der Waals surface area contributed by atoms with Gasteiger partial charge in [0.15, 0.2) is 10.9 Å². The quantitative estimate of drug-likeness (QED) is 0.202. The van der Waals surface area contributed by atoms with E-state index in [1.165, 1.54) is 7.11 Å². The first-order chi connectivity index (χ1) is 14.5. The number of hydrogen-bond acceptors (Lipinski definition) is 4. The summed E-state index contributed by atoms with van der Waals surface area (Å²) in [7, 11) is 1.51. The minimum absolute atomic E-state index is 0.160. The lowest BCUT2D eigenvalue weighted by atomic mass is 9.80. The molecule has 2 aliphatic rings. The molecule has 0 fully saturated rings. The summed E-state index contributed by atoms with van der Waals surface area (Å²) in [5, 5.41) is 14.6. The van der Waals surface area contributed by atoms with E-state index in [0.717, 1.165) is 16.3 Å². The molecule has 30 heavy (non-hydrogen) atoms. The van der Waals surface area contributed by atoms with Gasteiger partial charge >= 0.3 is 0 Å². The lowest BCUT2D eigenvalue weighted by molar-refractivity contribution is 0.417. The van der Waals surface area contributed by atoms with E-state index in [0.29, 0.717) is 58.1 Å². The lowest BCUT2D eigenvalue weighted by Gasteiger charge is -2.22. The van der Waals surface area contributed by atoms with E-state index in [4.69, 9.17) is 4.74 Å². The molecular weight excluding hydrogens is 510 g/mol. The zero-order chi connectivity index (χ0) is 20.9. The second-order valence-electron chi connectivity index (χ2n) is 7.31. The SMILES string of the molecule is COc1c(Br)cc2c(C#N)cc3c4c2c1c(=O)c1ccc2ccc(Br)c(c3=O)c2c1-4. The molecule has 0 aromatic heterocycles. The average molecular weight is 519 g/mol. The topological polar surface area (TPSA) is 67.2 Å². The Morgan fingerprint density at radius 2 is 1.50 bits per heavy atom. The molecule has 0 unspecified atom stereocenters. The summed E-state index contributed by atoms with van der Waals surface area (Å²) in [6.07, 6.45) is 0. The minimum atomic E-state index is -0.177. The van der Waals surface area contributed by atoms with E-state index in [1.54, 1.807) is 12.1 Å². The van der Waals surface area contributed by atoms with E-state index >= 15 is 0 Å². The summed E-state index contributed by atoms with van der Waals surface area (Å²) in [6.45, 7) is 0. The van der Waals surface area contributed by atoms with Crippen molar-refractivity contribution in [2.24, 2.45) is 0 Å². The highest BCUT2D eigenvalue weighted by Crippen LogP contribution is 2.49. The fourth-order valence-electron chi connectivity index (χ4n) is 4.81. The number of halogens is 2. The summed E-state index contributed by atoms with van der Waals surface area (Å²) in [5.41, 5.74) is 1.48. The largest absolute Gasteiger partial charge is 0.495 e. The third-order valence-electron chi connectivity index (χ3n) is 5.99. The molecule has 0 radical (unpaired) electrons. The molecule has 0 atom stereocenters. The molecule has 4 aromatic rings. The lowest BCUT2D eigenvalue weighted by Crippen LogP contribution is -2.14. The van der Waals surface area contributed by atoms with Gasteiger partial charge in [0.05, 0.1) is 28.6 Å². The Morgan fingerprint density at radius 3 is 2.23 bits per heavy atom. The van der Waals surface area contributed by atoms with Crippen LogP contribution in [-0.2, 0) is 0 Å². The van der Waals surface area contributed by atoms with Gasteiger partial charge in [0.25, 0.3) is 0 Å². The fraction of sp³-hybridized carbons (Fsp3) is 0.0417. The Bertz CT molecular complexity index is 1800. The van der Waals surface area contributed by atoms with E-state index in [-0.39, 0.29) is 10.9 Å². The maximum Gasteiger partial charge on any atom is 0.198 e. The zero-order valence-corrected chi connectivity index (χ0v) is 18.6. The van der Waals surface area contributed by atoms with Gasteiger partial charge in [0.1, 0.15) is 5.75 Å². The summed E-state index contributed by atoms with van der Waals surface area (Å²) in [5.74, 6) is 0.406. The van der Waals surface area contributed by atoms with Crippen LogP contribution in [0, 0.1) is 11.3 Å². The Kier molecular flexibility index (Phi) is 3.43. The molecular formula is C24H9Br2NO3. The Hall–Kier alpha value is -3.01. The van der Waals surface area contributed by atoms with Crippen LogP contribution in [-0.4, -0.2) is 7.11 Å². The smallest absolute Gasteiger partial charge is 0.198 e. The monoisotopic (exact) mass is 517 g/mol. The van der Waals surface area contributed by atoms with Crippen LogP contribution in [0.3, 0.4) is 0 Å². The molecule has 6 heteroatoms. The van der Waals surface area contributed by atoms with Crippen molar-refractivity contribution in [3.8, 4) is 22.9 Å². The van der Waals surface area contributed by atoms with Crippen LogP contribution >= 0.6 is 31.9 Å². The average Bonchev–Trinajstić information content (AvgIpc) is 2.74. The van der Waals surface area contributed by atoms with Crippen LogP contribution in [0.5, 0.6) is 5.75 Å². The third kappa shape index (κ3) is 1.90. The van der Waals surface area contributed by atoms with Crippen LogP contribution in [0.15, 0.2) is 54.9 Å². The van der Waals surface area contributed by atoms with Crippen LogP contribution < -0.4 is 15.6 Å². The van der Waals surface area contributed by atoms with Crippen molar-refractivity contribution in [2.45, 2.75) is 0 Å². The number of nitrogens with zero attached hydrogens (tertiary/aromatic N) is 1. The Labute approximate surface area is 185 Å². The molecule has 0 heterocycles. The summed E-state index contributed by atoms with van der Waals surface area (Å²) >= 11 is 6.99. The normalized spacial score (nSPS) is 12.1. The van der Waals surface area contributed by atoms with Gasteiger partial charge in [-0.2, -0.15) is 5.26 Å². The van der Waals surface area contributed by atoms with Gasteiger partial charge in [-0.3, -0.25) is 9.59 Å². The van der Waals surface area contributed by atoms with Crippen molar-refractivity contribution in [3.05, 3.63) is 71.4 Å². The van der Waals surface area contributed by atoms with Gasteiger partial charge in [-0.25, -0.2) is 0 Å². The summed E-state index contributed by atoms with van der Waals surface area (Å²) in [6, 6.07) is 13.1. The van der Waals surface area contributed by atoms with Crippen LogP contribution in [0.25, 0.3) is 54.2 Å². The number of rotatable bonds is 1. The number of benzene rings is 6. The van der Waals surface area contributed by atoms with Crippen molar-refractivity contribution < 1.29 is 4.74 Å². The van der Waals surface area contributed by atoms with Crippen molar-refractivity contribution in [3.63, 3.8) is 0 Å². The first-order valence-electron chi connectivity index (χ1n) is 9.10. The molecule has 0 bridgehead atoms. The van der Waals surface area contributed by atoms with Crippen LogP contribution in [0.1, 0.15) is 5.56 Å². The van der Waals surface area contributed by atoms with Crippen molar-refractivity contribution in [1.82, 2.24) is 0 Å². The molecule has 0 N–H and O–H groups in total. The standard InChI is InChI=1S/C24H9Br2NO3/c1-30-24-15(26)7-12-10(8-27)6-13-19-17-11(22(28)21(24)18(12)19)4-2-9-3-5-14(25)20(16(9)17)23(13)29/h2-7H,1H3. The molecule has 2 aliphatic carbocycles. The van der Waals surface area contributed by atoms with Crippen molar-refractivity contribution in [2.75, 3.05) is 7.11 Å². The molecule has 4 aromatic carbocycles. The van der Waals surface area contributed by atoms with E-state index < -0.39 is 0 Å². The van der Waals surface area contributed by atoms with Crippen LogP contribution in [0.4, 0.5) is 0 Å². The van der Waals surface area contributed by atoms with Gasteiger partial charge < -0.3 is 4.74 Å². The van der Waals surface area contributed by atoms with Gasteiger partial charge in [-0.1, -0.05) is 28.1 Å². The molecule has 0 saturated carbocycles. The highest BCUT2D eigenvalue weighted by Gasteiger charge is 2.29. The summed E-state index contributed by atoms with van der Waals surface area (Å²) < 4.78 is 6.83. The zero-order valence-electron chi connectivity index (χ0n) is 15.4. The summed E-state index contributed by atoms with van der Waals surface area (Å²) in [4.78, 5) is 27.3. The number of nitriles is 1. The predicted octanol–water partition coefficient (Wildman–Crippen LogP) is 5.84. The first-order valence-corrected chi connectivity index (χ1v) is 10.7. The molecule has 0 saturated heterocycles. The first kappa shape index (κ1) is 17.8. The van der Waals surface area contributed by atoms with Crippen molar-refractivity contribution >= 4 is 74.9 Å². The predicted molar refractivity (Wildman–Crippen MR) is 126 cm³/mol. The maximum absolute atomic E-state index is 13.7. The number of methoxy groups -OCH3 is 1. The van der Waals surface area contributed by atoms with Gasteiger partial charge in [0.2, 0.25) is 0 Å². The number of ether oxygens (including phenoxy) is 1. The van der Waals surface area contributed by atoms with Gasteiger partial charge in [0, 0.05) is 47.9 Å². The second kappa shape index (κ2) is 5.78. The molecule has 0 aliphatic heterocycles. The fourth-order valence-corrected chi connectivity index (χ4v) is 5.91. The minimum Gasteiger partial charge on any atom is -0.495 e.